The third-order valence-electron chi connectivity index (χ3n) is 4.45. The number of thiazole rings is 1. The maximum absolute atomic E-state index is 13.7. The number of rotatable bonds is 6. The van der Waals surface area contributed by atoms with E-state index in [1.165, 1.54) is 23.5 Å². The molecule has 0 spiro atoms. The summed E-state index contributed by atoms with van der Waals surface area (Å²) in [7, 11) is 0. The Balaban J connectivity index is 1.75. The van der Waals surface area contributed by atoms with Crippen LogP contribution in [0.2, 0.25) is 0 Å². The van der Waals surface area contributed by atoms with Crippen LogP contribution >= 0.6 is 23.1 Å². The van der Waals surface area contributed by atoms with Crippen molar-refractivity contribution >= 4 is 39.2 Å². The van der Waals surface area contributed by atoms with Crippen LogP contribution in [0.25, 0.3) is 10.2 Å². The molecule has 1 aromatic heterocycles. The number of hydrogen-bond donors (Lipinski definition) is 0. The second-order valence-electron chi connectivity index (χ2n) is 6.47. The Hall–Kier alpha value is -2.90. The summed E-state index contributed by atoms with van der Waals surface area (Å²) in [5.74, 6) is 1.25. The molecule has 0 saturated carbocycles. The summed E-state index contributed by atoms with van der Waals surface area (Å²) in [5, 5.41) is 0. The lowest BCUT2D eigenvalue weighted by Crippen LogP contribution is -2.18. The summed E-state index contributed by atoms with van der Waals surface area (Å²) in [6.07, 6.45) is 2.02. The number of nitrogens with zero attached hydrogens (tertiary/aromatic N) is 2. The largest absolute Gasteiger partial charge is 0.457 e. The number of aromatic nitrogens is 1. The number of thioether (sulfide) groups is 1. The number of amides is 1. The third kappa shape index (κ3) is 4.47. The van der Waals surface area contributed by atoms with Crippen molar-refractivity contribution in [2.45, 2.75) is 6.54 Å². The summed E-state index contributed by atoms with van der Waals surface area (Å²) in [6.45, 7) is 0.682. The van der Waals surface area contributed by atoms with Gasteiger partial charge in [0.1, 0.15) is 17.3 Å². The molecule has 0 saturated heterocycles. The standard InChI is InChI=1S/C23H19FN2O2S2/c1-29-14-13-26-19-12-11-16(24)15-21(19)30-23(26)25-22(27)18-9-5-6-10-20(18)28-17-7-3-2-4-8-17/h2-12,15H,13-14H2,1H3. The third-order valence-corrected chi connectivity index (χ3v) is 6.08. The smallest absolute Gasteiger partial charge is 0.283 e. The maximum Gasteiger partial charge on any atom is 0.283 e. The molecule has 4 nitrogen and oxygen atoms in total. The molecule has 0 radical (unpaired) electrons. The number of hydrogen-bond acceptors (Lipinski definition) is 4. The van der Waals surface area contributed by atoms with Gasteiger partial charge in [0.15, 0.2) is 4.80 Å². The van der Waals surface area contributed by atoms with Crippen molar-refractivity contribution in [3.63, 3.8) is 0 Å². The van der Waals surface area contributed by atoms with Crippen molar-refractivity contribution in [1.82, 2.24) is 4.57 Å². The molecule has 0 aliphatic heterocycles. The van der Waals surface area contributed by atoms with Crippen molar-refractivity contribution in [3.8, 4) is 11.5 Å². The molecule has 0 bridgehead atoms. The first-order valence-corrected chi connectivity index (χ1v) is 11.6. The van der Waals surface area contributed by atoms with Gasteiger partial charge in [-0.2, -0.15) is 16.8 Å². The van der Waals surface area contributed by atoms with Crippen LogP contribution in [-0.4, -0.2) is 22.5 Å². The second-order valence-corrected chi connectivity index (χ2v) is 8.46. The van der Waals surface area contributed by atoms with Gasteiger partial charge in [-0.3, -0.25) is 4.79 Å². The van der Waals surface area contributed by atoms with Gasteiger partial charge >= 0.3 is 0 Å². The zero-order chi connectivity index (χ0) is 20.9. The molecule has 152 valence electrons. The Morgan fingerprint density at radius 2 is 1.87 bits per heavy atom. The van der Waals surface area contributed by atoms with E-state index in [1.54, 1.807) is 36.0 Å². The molecule has 0 aliphatic rings. The SMILES string of the molecule is CSCCn1c(=NC(=O)c2ccccc2Oc2ccccc2)sc2cc(F)ccc21. The molecule has 0 unspecified atom stereocenters. The quantitative estimate of drug-likeness (QED) is 0.386. The van der Waals surface area contributed by atoms with E-state index >= 15 is 0 Å². The minimum atomic E-state index is -0.397. The molecule has 3 aromatic carbocycles. The van der Waals surface area contributed by atoms with Gasteiger partial charge in [0.25, 0.3) is 5.91 Å². The maximum atomic E-state index is 13.7. The van der Waals surface area contributed by atoms with E-state index in [4.69, 9.17) is 4.74 Å². The molecule has 0 fully saturated rings. The van der Waals surface area contributed by atoms with E-state index in [0.29, 0.717) is 28.4 Å². The van der Waals surface area contributed by atoms with Crippen LogP contribution < -0.4 is 9.54 Å². The average molecular weight is 439 g/mol. The molecule has 0 N–H and O–H groups in total. The van der Waals surface area contributed by atoms with E-state index in [-0.39, 0.29) is 5.82 Å². The lowest BCUT2D eigenvalue weighted by molar-refractivity contribution is 0.0995. The molecule has 4 aromatic rings. The fourth-order valence-electron chi connectivity index (χ4n) is 3.03. The van der Waals surface area contributed by atoms with Gasteiger partial charge in [0.2, 0.25) is 0 Å². The molecule has 7 heteroatoms. The van der Waals surface area contributed by atoms with Crippen LogP contribution in [0.5, 0.6) is 11.5 Å². The summed E-state index contributed by atoms with van der Waals surface area (Å²) in [5.41, 5.74) is 1.25. The Labute approximate surface area is 181 Å². The normalized spacial score (nSPS) is 11.7. The topological polar surface area (TPSA) is 43.6 Å². The predicted molar refractivity (Wildman–Crippen MR) is 121 cm³/mol. The van der Waals surface area contributed by atoms with Gasteiger partial charge < -0.3 is 9.30 Å². The van der Waals surface area contributed by atoms with Crippen LogP contribution in [0, 0.1) is 5.82 Å². The zero-order valence-electron chi connectivity index (χ0n) is 16.2. The van der Waals surface area contributed by atoms with Crippen molar-refractivity contribution in [1.29, 1.82) is 0 Å². The molecule has 0 aliphatic carbocycles. The van der Waals surface area contributed by atoms with Gasteiger partial charge in [-0.1, -0.05) is 41.7 Å². The van der Waals surface area contributed by atoms with Gasteiger partial charge in [-0.15, -0.1) is 0 Å². The summed E-state index contributed by atoms with van der Waals surface area (Å²) in [6, 6.07) is 21.0. The van der Waals surface area contributed by atoms with Gasteiger partial charge in [-0.05, 0) is 48.7 Å². The number of fused-ring (bicyclic) bond motifs is 1. The molecule has 0 atom stereocenters. The Kier molecular flexibility index (Phi) is 6.30. The second kappa shape index (κ2) is 9.28. The first kappa shape index (κ1) is 20.4. The molecular weight excluding hydrogens is 419 g/mol. The van der Waals surface area contributed by atoms with E-state index in [0.717, 1.165) is 16.0 Å². The molecule has 30 heavy (non-hydrogen) atoms. The highest BCUT2D eigenvalue weighted by molar-refractivity contribution is 7.98. The number of benzene rings is 3. The zero-order valence-corrected chi connectivity index (χ0v) is 17.9. The van der Waals surface area contributed by atoms with Crippen LogP contribution in [0.4, 0.5) is 4.39 Å². The fraction of sp³-hybridized carbons (Fsp3) is 0.130. The highest BCUT2D eigenvalue weighted by Crippen LogP contribution is 2.26. The van der Waals surface area contributed by atoms with Crippen LogP contribution in [0.1, 0.15) is 10.4 Å². The molecule has 4 rings (SSSR count). The van der Waals surface area contributed by atoms with Crippen LogP contribution in [0.15, 0.2) is 77.8 Å². The lowest BCUT2D eigenvalue weighted by atomic mass is 10.2. The van der Waals surface area contributed by atoms with Gasteiger partial charge in [0, 0.05) is 12.3 Å². The Morgan fingerprint density at radius 3 is 2.67 bits per heavy atom. The minimum absolute atomic E-state index is 0.305. The van der Waals surface area contributed by atoms with E-state index in [2.05, 4.69) is 4.99 Å². The number of ether oxygens (including phenoxy) is 1. The number of carbonyl (C=O) groups excluding carboxylic acids is 1. The van der Waals surface area contributed by atoms with Crippen molar-refractivity contribution < 1.29 is 13.9 Å². The highest BCUT2D eigenvalue weighted by Gasteiger charge is 2.14. The highest BCUT2D eigenvalue weighted by atomic mass is 32.2. The number of para-hydroxylation sites is 2. The first-order valence-electron chi connectivity index (χ1n) is 9.34. The number of carbonyl (C=O) groups is 1. The average Bonchev–Trinajstić information content (AvgIpc) is 3.09. The molecule has 1 heterocycles. The van der Waals surface area contributed by atoms with Crippen molar-refractivity contribution in [2.24, 2.45) is 4.99 Å². The minimum Gasteiger partial charge on any atom is -0.457 e. The van der Waals surface area contributed by atoms with E-state index < -0.39 is 5.91 Å². The monoisotopic (exact) mass is 438 g/mol. The summed E-state index contributed by atoms with van der Waals surface area (Å²) >= 11 is 3.01. The van der Waals surface area contributed by atoms with Crippen molar-refractivity contribution in [3.05, 3.63) is 89.0 Å². The molecular formula is C23H19FN2O2S2. The van der Waals surface area contributed by atoms with Crippen molar-refractivity contribution in [2.75, 3.05) is 12.0 Å². The van der Waals surface area contributed by atoms with Gasteiger partial charge in [0.05, 0.1) is 15.8 Å². The predicted octanol–water partition coefficient (Wildman–Crippen LogP) is 5.74. The number of halogens is 1. The summed E-state index contributed by atoms with van der Waals surface area (Å²) in [4.78, 5) is 18.0. The Bertz CT molecular complexity index is 1250. The number of aryl methyl sites for hydroxylation is 1. The lowest BCUT2D eigenvalue weighted by Gasteiger charge is -2.08. The molecule has 1 amide bonds. The fourth-order valence-corrected chi connectivity index (χ4v) is 4.47. The van der Waals surface area contributed by atoms with Gasteiger partial charge in [-0.25, -0.2) is 4.39 Å². The van der Waals surface area contributed by atoms with Crippen LogP contribution in [0.3, 0.4) is 0 Å². The van der Waals surface area contributed by atoms with E-state index in [1.807, 2.05) is 47.2 Å². The Morgan fingerprint density at radius 1 is 1.10 bits per heavy atom. The van der Waals surface area contributed by atoms with E-state index in [9.17, 15) is 9.18 Å². The summed E-state index contributed by atoms with van der Waals surface area (Å²) < 4.78 is 22.3. The first-order chi connectivity index (χ1) is 14.7. The van der Waals surface area contributed by atoms with Crippen LogP contribution in [-0.2, 0) is 6.54 Å².